The summed E-state index contributed by atoms with van der Waals surface area (Å²) in [7, 11) is 0. The molecule has 0 saturated heterocycles. The molecule has 1 atom stereocenters. The molecule has 0 amide bonds. The third-order valence-electron chi connectivity index (χ3n) is 2.93. The second kappa shape index (κ2) is 7.14. The van der Waals surface area contributed by atoms with Crippen molar-refractivity contribution in [3.05, 3.63) is 68.7 Å². The molecule has 0 aliphatic carbocycles. The standard InChI is InChI=1S/C16H11Cl3O3/c1-9(15(20)10-4-2-5-11(17)8-10)22-16(21)12-6-3-7-13(18)14(12)19/h2-9H,1H3/t9-/m0/s1. The topological polar surface area (TPSA) is 43.4 Å². The van der Waals surface area contributed by atoms with Gasteiger partial charge in [0.1, 0.15) is 0 Å². The van der Waals surface area contributed by atoms with Crippen LogP contribution in [0.3, 0.4) is 0 Å². The molecule has 3 nitrogen and oxygen atoms in total. The van der Waals surface area contributed by atoms with Gasteiger partial charge in [-0.3, -0.25) is 4.79 Å². The lowest BCUT2D eigenvalue weighted by Crippen LogP contribution is -2.24. The van der Waals surface area contributed by atoms with Gasteiger partial charge in [-0.15, -0.1) is 0 Å². The second-order valence-corrected chi connectivity index (χ2v) is 5.75. The van der Waals surface area contributed by atoms with Crippen molar-refractivity contribution in [3.8, 4) is 0 Å². The SMILES string of the molecule is C[C@H](OC(=O)c1cccc(Cl)c1Cl)C(=O)c1cccc(Cl)c1. The average molecular weight is 358 g/mol. The smallest absolute Gasteiger partial charge is 0.340 e. The molecule has 0 aliphatic rings. The van der Waals surface area contributed by atoms with E-state index in [1.54, 1.807) is 30.3 Å². The van der Waals surface area contributed by atoms with E-state index in [1.165, 1.54) is 19.1 Å². The van der Waals surface area contributed by atoms with E-state index in [0.29, 0.717) is 10.6 Å². The van der Waals surface area contributed by atoms with Gasteiger partial charge in [-0.25, -0.2) is 4.79 Å². The van der Waals surface area contributed by atoms with E-state index in [1.807, 2.05) is 0 Å². The zero-order valence-electron chi connectivity index (χ0n) is 11.5. The predicted molar refractivity (Wildman–Crippen MR) is 87.1 cm³/mol. The van der Waals surface area contributed by atoms with E-state index in [-0.39, 0.29) is 21.4 Å². The molecule has 22 heavy (non-hydrogen) atoms. The third kappa shape index (κ3) is 3.80. The molecular formula is C16H11Cl3O3. The molecule has 0 saturated carbocycles. The number of carbonyl (C=O) groups excluding carboxylic acids is 2. The minimum absolute atomic E-state index is 0.0940. The number of benzene rings is 2. The molecule has 0 aliphatic heterocycles. The van der Waals surface area contributed by atoms with Gasteiger partial charge in [0.05, 0.1) is 15.6 Å². The Morgan fingerprint density at radius 2 is 1.73 bits per heavy atom. The lowest BCUT2D eigenvalue weighted by molar-refractivity contribution is 0.0319. The molecule has 2 rings (SSSR count). The van der Waals surface area contributed by atoms with Crippen LogP contribution in [0.15, 0.2) is 42.5 Å². The minimum Gasteiger partial charge on any atom is -0.451 e. The average Bonchev–Trinajstić information content (AvgIpc) is 2.49. The van der Waals surface area contributed by atoms with Gasteiger partial charge in [-0.05, 0) is 31.2 Å². The molecular weight excluding hydrogens is 347 g/mol. The molecule has 0 aromatic heterocycles. The summed E-state index contributed by atoms with van der Waals surface area (Å²) in [4.78, 5) is 24.3. The lowest BCUT2D eigenvalue weighted by atomic mass is 10.1. The van der Waals surface area contributed by atoms with Gasteiger partial charge in [-0.1, -0.05) is 53.0 Å². The van der Waals surface area contributed by atoms with Crippen LogP contribution in [0.25, 0.3) is 0 Å². The first-order valence-electron chi connectivity index (χ1n) is 6.35. The minimum atomic E-state index is -0.971. The van der Waals surface area contributed by atoms with Gasteiger partial charge in [0.15, 0.2) is 6.10 Å². The van der Waals surface area contributed by atoms with E-state index < -0.39 is 12.1 Å². The normalized spacial score (nSPS) is 11.8. The first kappa shape index (κ1) is 16.8. The van der Waals surface area contributed by atoms with Crippen LogP contribution in [0.5, 0.6) is 0 Å². The van der Waals surface area contributed by atoms with Crippen LogP contribution in [0.1, 0.15) is 27.6 Å². The first-order chi connectivity index (χ1) is 10.4. The van der Waals surface area contributed by atoms with Gasteiger partial charge < -0.3 is 4.74 Å². The molecule has 0 unspecified atom stereocenters. The molecule has 0 heterocycles. The highest BCUT2D eigenvalue weighted by atomic mass is 35.5. The van der Waals surface area contributed by atoms with Crippen LogP contribution in [-0.2, 0) is 4.74 Å². The van der Waals surface area contributed by atoms with Crippen molar-refractivity contribution in [2.75, 3.05) is 0 Å². The van der Waals surface area contributed by atoms with Gasteiger partial charge in [0.2, 0.25) is 5.78 Å². The van der Waals surface area contributed by atoms with Crippen molar-refractivity contribution in [1.82, 2.24) is 0 Å². The summed E-state index contributed by atoms with van der Waals surface area (Å²) in [5.41, 5.74) is 0.477. The van der Waals surface area contributed by atoms with Crippen molar-refractivity contribution in [3.63, 3.8) is 0 Å². The highest BCUT2D eigenvalue weighted by Crippen LogP contribution is 2.26. The number of halogens is 3. The van der Waals surface area contributed by atoms with E-state index >= 15 is 0 Å². The molecule has 114 valence electrons. The molecule has 2 aromatic carbocycles. The number of ether oxygens (including phenoxy) is 1. The van der Waals surface area contributed by atoms with Crippen molar-refractivity contribution < 1.29 is 14.3 Å². The Labute approximate surface area is 142 Å². The van der Waals surface area contributed by atoms with E-state index in [0.717, 1.165) is 0 Å². The van der Waals surface area contributed by atoms with Crippen LogP contribution in [0, 0.1) is 0 Å². The summed E-state index contributed by atoms with van der Waals surface area (Å²) in [6, 6.07) is 11.0. The number of hydrogen-bond donors (Lipinski definition) is 0. The van der Waals surface area contributed by atoms with E-state index in [4.69, 9.17) is 39.5 Å². The van der Waals surface area contributed by atoms with Gasteiger partial charge in [0.25, 0.3) is 0 Å². The first-order valence-corrected chi connectivity index (χ1v) is 7.48. The number of Topliss-reactive ketones (excluding diaryl/α,β-unsaturated/α-hetero) is 1. The molecule has 0 spiro atoms. The number of esters is 1. The fourth-order valence-corrected chi connectivity index (χ4v) is 2.38. The summed E-state index contributed by atoms with van der Waals surface area (Å²) < 4.78 is 5.15. The molecule has 2 aromatic rings. The number of hydrogen-bond acceptors (Lipinski definition) is 3. The lowest BCUT2D eigenvalue weighted by Gasteiger charge is -2.13. The zero-order valence-corrected chi connectivity index (χ0v) is 13.7. The Hall–Kier alpha value is -1.55. The van der Waals surface area contributed by atoms with E-state index in [9.17, 15) is 9.59 Å². The van der Waals surface area contributed by atoms with Crippen LogP contribution in [0.4, 0.5) is 0 Å². The monoisotopic (exact) mass is 356 g/mol. The molecule has 0 radical (unpaired) electrons. The van der Waals surface area contributed by atoms with Gasteiger partial charge in [-0.2, -0.15) is 0 Å². The van der Waals surface area contributed by atoms with Crippen LogP contribution in [-0.4, -0.2) is 17.9 Å². The van der Waals surface area contributed by atoms with Crippen molar-refractivity contribution in [2.24, 2.45) is 0 Å². The van der Waals surface area contributed by atoms with E-state index in [2.05, 4.69) is 0 Å². The fraction of sp³-hybridized carbons (Fsp3) is 0.125. The molecule has 6 heteroatoms. The Balaban J connectivity index is 2.14. The van der Waals surface area contributed by atoms with Crippen LogP contribution < -0.4 is 0 Å². The van der Waals surface area contributed by atoms with Gasteiger partial charge in [0, 0.05) is 10.6 Å². The Bertz CT molecular complexity index is 728. The quantitative estimate of drug-likeness (QED) is 0.566. The van der Waals surface area contributed by atoms with Crippen molar-refractivity contribution >= 4 is 46.6 Å². The van der Waals surface area contributed by atoms with Crippen LogP contribution in [0.2, 0.25) is 15.1 Å². The highest BCUT2D eigenvalue weighted by Gasteiger charge is 2.22. The second-order valence-electron chi connectivity index (χ2n) is 4.52. The molecule has 0 fully saturated rings. The summed E-state index contributed by atoms with van der Waals surface area (Å²) >= 11 is 17.6. The number of ketones is 1. The third-order valence-corrected chi connectivity index (χ3v) is 3.99. The molecule has 0 N–H and O–H groups in total. The summed E-state index contributed by atoms with van der Waals surface area (Å²) in [5.74, 6) is -1.07. The maximum atomic E-state index is 12.2. The Morgan fingerprint density at radius 1 is 1.05 bits per heavy atom. The predicted octanol–water partition coefficient (Wildman–Crippen LogP) is 5.08. The summed E-state index contributed by atoms with van der Waals surface area (Å²) in [6.07, 6.45) is -0.971. The maximum absolute atomic E-state index is 12.2. The Kier molecular flexibility index (Phi) is 5.46. The largest absolute Gasteiger partial charge is 0.451 e. The summed E-state index contributed by atoms with van der Waals surface area (Å²) in [6.45, 7) is 1.49. The summed E-state index contributed by atoms with van der Waals surface area (Å²) in [5, 5.41) is 0.767. The fourth-order valence-electron chi connectivity index (χ4n) is 1.82. The number of rotatable bonds is 4. The zero-order chi connectivity index (χ0) is 16.3. The Morgan fingerprint density at radius 3 is 2.41 bits per heavy atom. The maximum Gasteiger partial charge on any atom is 0.340 e. The van der Waals surface area contributed by atoms with Crippen LogP contribution >= 0.6 is 34.8 Å². The molecule has 0 bridgehead atoms. The highest BCUT2D eigenvalue weighted by molar-refractivity contribution is 6.43. The number of carbonyl (C=O) groups is 2. The van der Waals surface area contributed by atoms with Crippen molar-refractivity contribution in [2.45, 2.75) is 13.0 Å². The van der Waals surface area contributed by atoms with Gasteiger partial charge >= 0.3 is 5.97 Å². The van der Waals surface area contributed by atoms with Crippen molar-refractivity contribution in [1.29, 1.82) is 0 Å².